The lowest BCUT2D eigenvalue weighted by Gasteiger charge is -1.98. The van der Waals surface area contributed by atoms with Crippen LogP contribution < -0.4 is 4.74 Å². The van der Waals surface area contributed by atoms with Crippen LogP contribution in [0.2, 0.25) is 0 Å². The number of thiophene rings is 1. The topological polar surface area (TPSA) is 9.23 Å². The number of ether oxygens (including phenoxy) is 1. The second kappa shape index (κ2) is 2.87. The van der Waals surface area contributed by atoms with Gasteiger partial charge in [-0.05, 0) is 25.3 Å². The molecule has 1 rings (SSSR count). The number of rotatable bonds is 2. The van der Waals surface area contributed by atoms with Gasteiger partial charge in [0.05, 0.1) is 6.61 Å². The van der Waals surface area contributed by atoms with Crippen LogP contribution >= 0.6 is 11.3 Å². The number of aryl methyl sites for hydroxylation is 1. The Kier molecular flexibility index (Phi) is 2.11. The summed E-state index contributed by atoms with van der Waals surface area (Å²) in [6, 6.07) is 2.00. The summed E-state index contributed by atoms with van der Waals surface area (Å²) < 4.78 is 5.29. The first kappa shape index (κ1) is 6.62. The third-order valence-corrected chi connectivity index (χ3v) is 1.94. The van der Waals surface area contributed by atoms with Gasteiger partial charge in [-0.15, -0.1) is 11.3 Å². The van der Waals surface area contributed by atoms with E-state index in [1.165, 1.54) is 4.88 Å². The van der Waals surface area contributed by atoms with Gasteiger partial charge in [0.15, 0.2) is 0 Å². The minimum Gasteiger partial charge on any atom is -0.493 e. The summed E-state index contributed by atoms with van der Waals surface area (Å²) in [7, 11) is 0. The van der Waals surface area contributed by atoms with E-state index in [9.17, 15) is 0 Å². The van der Waals surface area contributed by atoms with E-state index in [1.54, 1.807) is 11.3 Å². The fourth-order valence-electron chi connectivity index (χ4n) is 0.679. The van der Waals surface area contributed by atoms with Crippen molar-refractivity contribution in [2.75, 3.05) is 6.61 Å². The van der Waals surface area contributed by atoms with E-state index in [1.807, 2.05) is 18.4 Å². The van der Waals surface area contributed by atoms with E-state index in [4.69, 9.17) is 4.74 Å². The normalized spacial score (nSPS) is 9.56. The lowest BCUT2D eigenvalue weighted by Crippen LogP contribution is -1.89. The summed E-state index contributed by atoms with van der Waals surface area (Å²) in [5.74, 6) is 1.03. The van der Waals surface area contributed by atoms with Crippen molar-refractivity contribution in [2.24, 2.45) is 0 Å². The fraction of sp³-hybridized carbons (Fsp3) is 0.429. The molecular formula is C7H10OS. The second-order valence-electron chi connectivity index (χ2n) is 1.77. The van der Waals surface area contributed by atoms with Crippen LogP contribution in [-0.2, 0) is 0 Å². The van der Waals surface area contributed by atoms with Gasteiger partial charge >= 0.3 is 0 Å². The zero-order chi connectivity index (χ0) is 6.69. The molecule has 1 heterocycles. The Balaban J connectivity index is 2.69. The Bertz CT molecular complexity index is 181. The summed E-state index contributed by atoms with van der Waals surface area (Å²) >= 11 is 1.72. The Labute approximate surface area is 59.3 Å². The Hall–Kier alpha value is -0.500. The molecule has 2 heteroatoms. The Morgan fingerprint density at radius 3 is 2.89 bits per heavy atom. The van der Waals surface area contributed by atoms with E-state index in [0.29, 0.717) is 0 Å². The molecule has 9 heavy (non-hydrogen) atoms. The maximum atomic E-state index is 5.29. The molecule has 0 aliphatic heterocycles. The monoisotopic (exact) mass is 142 g/mol. The van der Waals surface area contributed by atoms with Gasteiger partial charge in [-0.2, -0.15) is 0 Å². The van der Waals surface area contributed by atoms with Gasteiger partial charge in [0, 0.05) is 4.88 Å². The van der Waals surface area contributed by atoms with Crippen LogP contribution in [0.5, 0.6) is 5.75 Å². The Morgan fingerprint density at radius 2 is 2.44 bits per heavy atom. The maximum absolute atomic E-state index is 5.29. The molecule has 1 aromatic heterocycles. The smallest absolute Gasteiger partial charge is 0.132 e. The van der Waals surface area contributed by atoms with E-state index < -0.39 is 0 Å². The van der Waals surface area contributed by atoms with Crippen molar-refractivity contribution in [3.63, 3.8) is 0 Å². The van der Waals surface area contributed by atoms with Crippen LogP contribution in [-0.4, -0.2) is 6.61 Å². The summed E-state index contributed by atoms with van der Waals surface area (Å²) in [4.78, 5) is 1.26. The molecular weight excluding hydrogens is 132 g/mol. The summed E-state index contributed by atoms with van der Waals surface area (Å²) in [6.07, 6.45) is 0. The minimum absolute atomic E-state index is 0.761. The van der Waals surface area contributed by atoms with Crippen LogP contribution in [0.4, 0.5) is 0 Å². The van der Waals surface area contributed by atoms with Gasteiger partial charge < -0.3 is 4.74 Å². The molecule has 0 aliphatic carbocycles. The molecule has 0 spiro atoms. The van der Waals surface area contributed by atoms with Gasteiger partial charge in [-0.25, -0.2) is 0 Å². The average molecular weight is 142 g/mol. The lowest BCUT2D eigenvalue weighted by molar-refractivity contribution is 0.339. The molecule has 0 unspecified atom stereocenters. The van der Waals surface area contributed by atoms with Crippen LogP contribution in [0.3, 0.4) is 0 Å². The van der Waals surface area contributed by atoms with E-state index >= 15 is 0 Å². The zero-order valence-electron chi connectivity index (χ0n) is 5.68. The second-order valence-corrected chi connectivity index (χ2v) is 2.89. The standard InChI is InChI=1S/C7H10OS/c1-3-8-7-4-5-9-6(7)2/h4-5H,3H2,1-2H3. The van der Waals surface area contributed by atoms with Gasteiger partial charge in [-0.1, -0.05) is 0 Å². The van der Waals surface area contributed by atoms with Crippen molar-refractivity contribution < 1.29 is 4.74 Å². The van der Waals surface area contributed by atoms with E-state index in [0.717, 1.165) is 12.4 Å². The molecule has 0 N–H and O–H groups in total. The molecule has 0 fully saturated rings. The molecule has 0 aliphatic rings. The Morgan fingerprint density at radius 1 is 1.67 bits per heavy atom. The number of hydrogen-bond acceptors (Lipinski definition) is 2. The highest BCUT2D eigenvalue weighted by Crippen LogP contribution is 2.22. The maximum Gasteiger partial charge on any atom is 0.132 e. The van der Waals surface area contributed by atoms with Crippen molar-refractivity contribution in [3.05, 3.63) is 16.3 Å². The van der Waals surface area contributed by atoms with Crippen LogP contribution in [0.25, 0.3) is 0 Å². The van der Waals surface area contributed by atoms with Crippen molar-refractivity contribution in [2.45, 2.75) is 13.8 Å². The molecule has 50 valence electrons. The molecule has 0 amide bonds. The molecule has 0 aromatic carbocycles. The molecule has 0 saturated carbocycles. The van der Waals surface area contributed by atoms with Gasteiger partial charge in [-0.3, -0.25) is 0 Å². The van der Waals surface area contributed by atoms with Crippen molar-refractivity contribution in [1.82, 2.24) is 0 Å². The highest BCUT2D eigenvalue weighted by molar-refractivity contribution is 7.10. The van der Waals surface area contributed by atoms with Gasteiger partial charge in [0.1, 0.15) is 5.75 Å². The quantitative estimate of drug-likeness (QED) is 0.616. The van der Waals surface area contributed by atoms with Crippen molar-refractivity contribution >= 4 is 11.3 Å². The van der Waals surface area contributed by atoms with Crippen LogP contribution in [0.15, 0.2) is 11.4 Å². The van der Waals surface area contributed by atoms with E-state index in [-0.39, 0.29) is 0 Å². The van der Waals surface area contributed by atoms with E-state index in [2.05, 4.69) is 6.92 Å². The van der Waals surface area contributed by atoms with Gasteiger partial charge in [0.2, 0.25) is 0 Å². The van der Waals surface area contributed by atoms with Crippen molar-refractivity contribution in [1.29, 1.82) is 0 Å². The van der Waals surface area contributed by atoms with Crippen LogP contribution in [0, 0.1) is 6.92 Å². The predicted octanol–water partition coefficient (Wildman–Crippen LogP) is 2.46. The zero-order valence-corrected chi connectivity index (χ0v) is 6.49. The third kappa shape index (κ3) is 1.45. The molecule has 1 nitrogen and oxygen atoms in total. The highest BCUT2D eigenvalue weighted by Gasteiger charge is 1.96. The van der Waals surface area contributed by atoms with Crippen LogP contribution in [0.1, 0.15) is 11.8 Å². The summed E-state index contributed by atoms with van der Waals surface area (Å²) in [5, 5.41) is 2.04. The molecule has 1 aromatic rings. The molecule has 0 bridgehead atoms. The minimum atomic E-state index is 0.761. The summed E-state index contributed by atoms with van der Waals surface area (Å²) in [5.41, 5.74) is 0. The van der Waals surface area contributed by atoms with Gasteiger partial charge in [0.25, 0.3) is 0 Å². The summed E-state index contributed by atoms with van der Waals surface area (Å²) in [6.45, 7) is 4.82. The molecule has 0 saturated heterocycles. The first-order chi connectivity index (χ1) is 4.34. The third-order valence-electron chi connectivity index (χ3n) is 1.11. The fourth-order valence-corrected chi connectivity index (χ4v) is 1.32. The first-order valence-corrected chi connectivity index (χ1v) is 3.89. The van der Waals surface area contributed by atoms with Crippen molar-refractivity contribution in [3.8, 4) is 5.75 Å². The predicted molar refractivity (Wildman–Crippen MR) is 40.2 cm³/mol. The first-order valence-electron chi connectivity index (χ1n) is 3.01. The highest BCUT2D eigenvalue weighted by atomic mass is 32.1. The number of hydrogen-bond donors (Lipinski definition) is 0. The average Bonchev–Trinajstić information content (AvgIpc) is 2.18. The molecule has 0 radical (unpaired) electrons. The largest absolute Gasteiger partial charge is 0.493 e. The SMILES string of the molecule is CCOc1ccsc1C. The molecule has 0 atom stereocenters. The lowest BCUT2D eigenvalue weighted by atomic mass is 10.5.